The molecule has 0 saturated carbocycles. The summed E-state index contributed by atoms with van der Waals surface area (Å²) >= 11 is 1.97. The Morgan fingerprint density at radius 2 is 2.43 bits per heavy atom. The molecule has 1 aliphatic rings. The summed E-state index contributed by atoms with van der Waals surface area (Å²) in [6.07, 6.45) is 4.07. The minimum atomic E-state index is 0.200. The summed E-state index contributed by atoms with van der Waals surface area (Å²) in [4.78, 5) is 11.4. The number of rotatable bonds is 5. The largest absolute Gasteiger partial charge is 0.356 e. The normalized spacial score (nSPS) is 21.9. The van der Waals surface area contributed by atoms with Crippen molar-refractivity contribution in [2.24, 2.45) is 11.7 Å². The summed E-state index contributed by atoms with van der Waals surface area (Å²) in [7, 11) is 0. The standard InChI is InChI=1S/C10H20N2OS/c11-4-2-5-12-10(13)7-9-3-1-6-14-8-9/h9H,1-8,11H2,(H,12,13). The van der Waals surface area contributed by atoms with Crippen molar-refractivity contribution in [3.05, 3.63) is 0 Å². The molecule has 0 aromatic heterocycles. The summed E-state index contributed by atoms with van der Waals surface area (Å²) in [6, 6.07) is 0. The lowest BCUT2D eigenvalue weighted by molar-refractivity contribution is -0.121. The van der Waals surface area contributed by atoms with E-state index in [9.17, 15) is 4.79 Å². The average molecular weight is 216 g/mol. The maximum Gasteiger partial charge on any atom is 0.220 e. The van der Waals surface area contributed by atoms with Crippen molar-refractivity contribution in [1.82, 2.24) is 5.32 Å². The van der Waals surface area contributed by atoms with Gasteiger partial charge in [0, 0.05) is 13.0 Å². The number of carbonyl (C=O) groups excluding carboxylic acids is 1. The van der Waals surface area contributed by atoms with Gasteiger partial charge in [-0.15, -0.1) is 0 Å². The number of nitrogens with two attached hydrogens (primary N) is 1. The molecule has 1 aliphatic heterocycles. The molecule has 0 spiro atoms. The molecule has 1 heterocycles. The third-order valence-corrected chi connectivity index (χ3v) is 3.72. The molecule has 0 aliphatic carbocycles. The molecule has 1 rings (SSSR count). The Labute approximate surface area is 90.2 Å². The fraction of sp³-hybridized carbons (Fsp3) is 0.900. The lowest BCUT2D eigenvalue weighted by Crippen LogP contribution is -2.29. The van der Waals surface area contributed by atoms with Gasteiger partial charge in [-0.05, 0) is 43.2 Å². The van der Waals surface area contributed by atoms with E-state index >= 15 is 0 Å². The topological polar surface area (TPSA) is 55.1 Å². The fourth-order valence-electron chi connectivity index (χ4n) is 1.63. The van der Waals surface area contributed by atoms with Crippen LogP contribution in [-0.4, -0.2) is 30.5 Å². The van der Waals surface area contributed by atoms with Crippen LogP contribution in [0.3, 0.4) is 0 Å². The van der Waals surface area contributed by atoms with Gasteiger partial charge in [-0.3, -0.25) is 4.79 Å². The first-order valence-corrected chi connectivity index (χ1v) is 6.53. The monoisotopic (exact) mass is 216 g/mol. The Morgan fingerprint density at radius 3 is 3.07 bits per heavy atom. The van der Waals surface area contributed by atoms with Crippen molar-refractivity contribution >= 4 is 17.7 Å². The first-order valence-electron chi connectivity index (χ1n) is 5.37. The number of thioether (sulfide) groups is 1. The first-order chi connectivity index (χ1) is 6.83. The third-order valence-electron chi connectivity index (χ3n) is 2.43. The maximum absolute atomic E-state index is 11.4. The van der Waals surface area contributed by atoms with Crippen LogP contribution in [0.25, 0.3) is 0 Å². The molecule has 0 bridgehead atoms. The molecule has 1 fully saturated rings. The minimum Gasteiger partial charge on any atom is -0.356 e. The van der Waals surface area contributed by atoms with Crippen LogP contribution >= 0.6 is 11.8 Å². The highest BCUT2D eigenvalue weighted by atomic mass is 32.2. The SMILES string of the molecule is NCCCNC(=O)CC1CCCSC1. The second-order valence-corrected chi connectivity index (χ2v) is 4.93. The molecule has 1 atom stereocenters. The van der Waals surface area contributed by atoms with Crippen LogP contribution in [-0.2, 0) is 4.79 Å². The van der Waals surface area contributed by atoms with Gasteiger partial charge < -0.3 is 11.1 Å². The van der Waals surface area contributed by atoms with Gasteiger partial charge >= 0.3 is 0 Å². The Bertz CT molecular complexity index is 170. The Morgan fingerprint density at radius 1 is 1.57 bits per heavy atom. The van der Waals surface area contributed by atoms with Gasteiger partial charge in [0.2, 0.25) is 5.91 Å². The van der Waals surface area contributed by atoms with Crippen molar-refractivity contribution < 1.29 is 4.79 Å². The summed E-state index contributed by atoms with van der Waals surface area (Å²) in [5, 5.41) is 2.90. The van der Waals surface area contributed by atoms with Crippen LogP contribution in [0.4, 0.5) is 0 Å². The molecule has 1 amide bonds. The Balaban J connectivity index is 2.06. The van der Waals surface area contributed by atoms with Crippen molar-refractivity contribution in [3.8, 4) is 0 Å². The molecule has 14 heavy (non-hydrogen) atoms. The molecule has 0 radical (unpaired) electrons. The number of hydrogen-bond acceptors (Lipinski definition) is 3. The molecule has 0 aromatic rings. The van der Waals surface area contributed by atoms with Gasteiger partial charge in [-0.1, -0.05) is 0 Å². The van der Waals surface area contributed by atoms with E-state index in [4.69, 9.17) is 5.73 Å². The van der Waals surface area contributed by atoms with Crippen LogP contribution in [0, 0.1) is 5.92 Å². The van der Waals surface area contributed by atoms with Gasteiger partial charge in [0.25, 0.3) is 0 Å². The Kier molecular flexibility index (Phi) is 6.03. The maximum atomic E-state index is 11.4. The van der Waals surface area contributed by atoms with Crippen molar-refractivity contribution in [2.75, 3.05) is 24.6 Å². The highest BCUT2D eigenvalue weighted by molar-refractivity contribution is 7.99. The lowest BCUT2D eigenvalue weighted by Gasteiger charge is -2.20. The molecular weight excluding hydrogens is 196 g/mol. The molecule has 4 heteroatoms. The van der Waals surface area contributed by atoms with E-state index in [0.717, 1.165) is 18.7 Å². The quantitative estimate of drug-likeness (QED) is 0.674. The summed E-state index contributed by atoms with van der Waals surface area (Å²) in [6.45, 7) is 1.38. The van der Waals surface area contributed by atoms with Gasteiger partial charge in [0.05, 0.1) is 0 Å². The number of carbonyl (C=O) groups is 1. The van der Waals surface area contributed by atoms with Gasteiger partial charge in [0.1, 0.15) is 0 Å². The van der Waals surface area contributed by atoms with Crippen LogP contribution in [0.15, 0.2) is 0 Å². The van der Waals surface area contributed by atoms with E-state index in [2.05, 4.69) is 5.32 Å². The molecule has 82 valence electrons. The van der Waals surface area contributed by atoms with Crippen molar-refractivity contribution in [2.45, 2.75) is 25.7 Å². The molecule has 3 N–H and O–H groups in total. The number of nitrogens with one attached hydrogen (secondary N) is 1. The second-order valence-electron chi connectivity index (χ2n) is 3.78. The highest BCUT2D eigenvalue weighted by Crippen LogP contribution is 2.24. The zero-order chi connectivity index (χ0) is 10.2. The van der Waals surface area contributed by atoms with Gasteiger partial charge in [-0.25, -0.2) is 0 Å². The van der Waals surface area contributed by atoms with Crippen LogP contribution in [0.5, 0.6) is 0 Å². The van der Waals surface area contributed by atoms with Gasteiger partial charge in [-0.2, -0.15) is 11.8 Å². The van der Waals surface area contributed by atoms with Gasteiger partial charge in [0.15, 0.2) is 0 Å². The molecular formula is C10H20N2OS. The third kappa shape index (κ3) is 4.86. The van der Waals surface area contributed by atoms with Crippen LogP contribution in [0.2, 0.25) is 0 Å². The molecule has 1 saturated heterocycles. The predicted molar refractivity (Wildman–Crippen MR) is 61.3 cm³/mol. The summed E-state index contributed by atoms with van der Waals surface area (Å²) in [5.74, 6) is 3.23. The van der Waals surface area contributed by atoms with E-state index < -0.39 is 0 Å². The van der Waals surface area contributed by atoms with Crippen molar-refractivity contribution in [1.29, 1.82) is 0 Å². The first kappa shape index (κ1) is 11.9. The summed E-state index contributed by atoms with van der Waals surface area (Å²) in [5.41, 5.74) is 5.34. The minimum absolute atomic E-state index is 0.200. The summed E-state index contributed by atoms with van der Waals surface area (Å²) < 4.78 is 0. The van der Waals surface area contributed by atoms with Crippen LogP contribution < -0.4 is 11.1 Å². The van der Waals surface area contributed by atoms with E-state index in [-0.39, 0.29) is 5.91 Å². The highest BCUT2D eigenvalue weighted by Gasteiger charge is 2.16. The zero-order valence-electron chi connectivity index (χ0n) is 8.63. The number of amides is 1. The predicted octanol–water partition coefficient (Wildman–Crippen LogP) is 0.985. The fourth-order valence-corrected chi connectivity index (χ4v) is 2.79. The van der Waals surface area contributed by atoms with Crippen molar-refractivity contribution in [3.63, 3.8) is 0 Å². The molecule has 1 unspecified atom stereocenters. The zero-order valence-corrected chi connectivity index (χ0v) is 9.44. The Hall–Kier alpha value is -0.220. The van der Waals surface area contributed by atoms with Crippen LogP contribution in [0.1, 0.15) is 25.7 Å². The molecule has 0 aromatic carbocycles. The van der Waals surface area contributed by atoms with E-state index in [1.54, 1.807) is 0 Å². The lowest BCUT2D eigenvalue weighted by atomic mass is 10.0. The molecule has 3 nitrogen and oxygen atoms in total. The smallest absolute Gasteiger partial charge is 0.220 e. The number of hydrogen-bond donors (Lipinski definition) is 2. The van der Waals surface area contributed by atoms with E-state index in [1.807, 2.05) is 11.8 Å². The average Bonchev–Trinajstić information content (AvgIpc) is 2.20. The van der Waals surface area contributed by atoms with E-state index in [0.29, 0.717) is 18.9 Å². The van der Waals surface area contributed by atoms with E-state index in [1.165, 1.54) is 18.6 Å². The second kappa shape index (κ2) is 7.12.